The Hall–Kier alpha value is -2.12. The maximum atomic E-state index is 5.59. The van der Waals surface area contributed by atoms with E-state index in [1.807, 2.05) is 0 Å². The smallest absolute Gasteiger partial charge is 0.00741 e. The second-order valence-electron chi connectivity index (χ2n) is 5.89. The van der Waals surface area contributed by atoms with E-state index < -0.39 is 0 Å². The van der Waals surface area contributed by atoms with Crippen LogP contribution in [-0.4, -0.2) is 6.54 Å². The second-order valence-corrected chi connectivity index (χ2v) is 5.89. The van der Waals surface area contributed by atoms with Crippen molar-refractivity contribution in [3.8, 4) is 0 Å². The Balaban J connectivity index is 1.68. The Morgan fingerprint density at radius 3 is 2.05 bits per heavy atom. The number of benzene rings is 3. The quantitative estimate of drug-likeness (QED) is 0.709. The van der Waals surface area contributed by atoms with E-state index in [1.54, 1.807) is 0 Å². The molecule has 3 aromatic carbocycles. The summed E-state index contributed by atoms with van der Waals surface area (Å²) < 4.78 is 0. The molecule has 2 N–H and O–H groups in total. The van der Waals surface area contributed by atoms with Gasteiger partial charge in [-0.25, -0.2) is 0 Å². The molecule has 3 rings (SSSR count). The number of nitrogens with two attached hydrogens (primary N) is 1. The van der Waals surface area contributed by atoms with E-state index in [1.165, 1.54) is 27.5 Å². The third kappa shape index (κ3) is 3.75. The minimum atomic E-state index is 0.765. The molecule has 0 aliphatic rings. The summed E-state index contributed by atoms with van der Waals surface area (Å²) in [4.78, 5) is 0. The molecule has 0 atom stereocenters. The van der Waals surface area contributed by atoms with E-state index >= 15 is 0 Å². The highest BCUT2D eigenvalue weighted by molar-refractivity contribution is 5.82. The zero-order chi connectivity index (χ0) is 15.2. The molecule has 0 bridgehead atoms. The van der Waals surface area contributed by atoms with Crippen LogP contribution in [-0.2, 0) is 19.3 Å². The molecule has 0 aliphatic carbocycles. The van der Waals surface area contributed by atoms with E-state index in [-0.39, 0.29) is 0 Å². The lowest BCUT2D eigenvalue weighted by Crippen LogP contribution is -2.00. The van der Waals surface area contributed by atoms with Crippen molar-refractivity contribution < 1.29 is 0 Å². The molecule has 1 nitrogen and oxygen atoms in total. The van der Waals surface area contributed by atoms with Crippen molar-refractivity contribution in [1.82, 2.24) is 0 Å². The van der Waals surface area contributed by atoms with Crippen LogP contribution in [0.2, 0.25) is 0 Å². The van der Waals surface area contributed by atoms with E-state index in [4.69, 9.17) is 5.73 Å². The van der Waals surface area contributed by atoms with Crippen molar-refractivity contribution in [2.75, 3.05) is 6.54 Å². The highest BCUT2D eigenvalue weighted by Gasteiger charge is 2.00. The van der Waals surface area contributed by atoms with E-state index in [9.17, 15) is 0 Å². The summed E-state index contributed by atoms with van der Waals surface area (Å²) in [5.74, 6) is 0. The summed E-state index contributed by atoms with van der Waals surface area (Å²) in [6, 6.07) is 24.3. The number of aryl methyl sites for hydroxylation is 3. The van der Waals surface area contributed by atoms with Crippen LogP contribution in [0.15, 0.2) is 66.7 Å². The zero-order valence-electron chi connectivity index (χ0n) is 13.0. The molecule has 0 unspecified atom stereocenters. The molecule has 22 heavy (non-hydrogen) atoms. The van der Waals surface area contributed by atoms with E-state index in [2.05, 4.69) is 66.7 Å². The molecule has 0 radical (unpaired) electrons. The molecule has 0 aromatic heterocycles. The van der Waals surface area contributed by atoms with Gasteiger partial charge in [0.05, 0.1) is 0 Å². The van der Waals surface area contributed by atoms with Crippen LogP contribution in [0.3, 0.4) is 0 Å². The monoisotopic (exact) mass is 289 g/mol. The Kier molecular flexibility index (Phi) is 4.87. The van der Waals surface area contributed by atoms with Crippen molar-refractivity contribution in [3.63, 3.8) is 0 Å². The fourth-order valence-electron chi connectivity index (χ4n) is 2.93. The van der Waals surface area contributed by atoms with Gasteiger partial charge in [-0.1, -0.05) is 66.7 Å². The first-order valence-electron chi connectivity index (χ1n) is 8.11. The number of fused-ring (bicyclic) bond motifs is 1. The van der Waals surface area contributed by atoms with Crippen LogP contribution in [0.1, 0.15) is 23.1 Å². The van der Waals surface area contributed by atoms with Crippen LogP contribution in [0.25, 0.3) is 10.8 Å². The van der Waals surface area contributed by atoms with Gasteiger partial charge in [0.1, 0.15) is 0 Å². The highest BCUT2D eigenvalue weighted by atomic mass is 14.5. The Bertz CT molecular complexity index is 745. The molecule has 0 saturated heterocycles. The zero-order valence-corrected chi connectivity index (χ0v) is 13.0. The summed E-state index contributed by atoms with van der Waals surface area (Å²) in [6.45, 7) is 0.765. The molecule has 0 aliphatic heterocycles. The van der Waals surface area contributed by atoms with Crippen molar-refractivity contribution in [2.24, 2.45) is 5.73 Å². The summed E-state index contributed by atoms with van der Waals surface area (Å²) in [5, 5.41) is 2.65. The number of hydrogen-bond donors (Lipinski definition) is 1. The molecular formula is C21H23N. The standard InChI is InChI=1S/C21H23N/c22-14-4-7-17-5-3-6-18(15-17)10-11-19-12-13-20-8-1-2-9-21(20)16-19/h1-3,5-6,8-9,12-13,15-16H,4,7,10-11,14,22H2. The molecular weight excluding hydrogens is 266 g/mol. The maximum absolute atomic E-state index is 5.59. The van der Waals surface area contributed by atoms with Gasteiger partial charge in [0.2, 0.25) is 0 Å². The summed E-state index contributed by atoms with van der Waals surface area (Å²) in [5.41, 5.74) is 9.83. The Morgan fingerprint density at radius 2 is 1.27 bits per heavy atom. The average Bonchev–Trinajstić information content (AvgIpc) is 2.58. The Labute approximate surface area is 132 Å². The molecule has 0 amide bonds. The molecule has 0 spiro atoms. The first-order valence-corrected chi connectivity index (χ1v) is 8.11. The van der Waals surface area contributed by atoms with Crippen molar-refractivity contribution in [3.05, 3.63) is 83.4 Å². The van der Waals surface area contributed by atoms with Crippen molar-refractivity contribution >= 4 is 10.8 Å². The van der Waals surface area contributed by atoms with Crippen LogP contribution in [0.4, 0.5) is 0 Å². The van der Waals surface area contributed by atoms with Gasteiger partial charge in [-0.3, -0.25) is 0 Å². The maximum Gasteiger partial charge on any atom is -0.00741 e. The minimum absolute atomic E-state index is 0.765. The summed E-state index contributed by atoms with van der Waals surface area (Å²) in [7, 11) is 0. The van der Waals surface area contributed by atoms with E-state index in [0.717, 1.165) is 32.2 Å². The van der Waals surface area contributed by atoms with Crippen LogP contribution < -0.4 is 5.73 Å². The fourth-order valence-corrected chi connectivity index (χ4v) is 2.93. The van der Waals surface area contributed by atoms with Gasteiger partial charge in [0.15, 0.2) is 0 Å². The average molecular weight is 289 g/mol. The highest BCUT2D eigenvalue weighted by Crippen LogP contribution is 2.17. The lowest BCUT2D eigenvalue weighted by Gasteiger charge is -2.06. The first-order chi connectivity index (χ1) is 10.8. The predicted octanol–water partition coefficient (Wildman–Crippen LogP) is 4.52. The first kappa shape index (κ1) is 14.8. The van der Waals surface area contributed by atoms with E-state index in [0.29, 0.717) is 0 Å². The van der Waals surface area contributed by atoms with Gasteiger partial charge in [-0.15, -0.1) is 0 Å². The number of hydrogen-bond acceptors (Lipinski definition) is 1. The van der Waals surface area contributed by atoms with Crippen LogP contribution in [0.5, 0.6) is 0 Å². The SMILES string of the molecule is NCCCc1cccc(CCc2ccc3ccccc3c2)c1. The van der Waals surface area contributed by atoms with Gasteiger partial charge in [-0.05, 0) is 59.7 Å². The third-order valence-electron chi connectivity index (χ3n) is 4.18. The summed E-state index contributed by atoms with van der Waals surface area (Å²) >= 11 is 0. The second kappa shape index (κ2) is 7.24. The van der Waals surface area contributed by atoms with Crippen LogP contribution >= 0.6 is 0 Å². The predicted molar refractivity (Wildman–Crippen MR) is 95.2 cm³/mol. The number of rotatable bonds is 6. The van der Waals surface area contributed by atoms with Gasteiger partial charge >= 0.3 is 0 Å². The summed E-state index contributed by atoms with van der Waals surface area (Å²) in [6.07, 6.45) is 4.33. The molecule has 0 saturated carbocycles. The molecule has 0 fully saturated rings. The van der Waals surface area contributed by atoms with Crippen molar-refractivity contribution in [1.29, 1.82) is 0 Å². The minimum Gasteiger partial charge on any atom is -0.330 e. The molecule has 1 heteroatoms. The van der Waals surface area contributed by atoms with Crippen molar-refractivity contribution in [2.45, 2.75) is 25.7 Å². The topological polar surface area (TPSA) is 26.0 Å². The van der Waals surface area contributed by atoms with Gasteiger partial charge in [0.25, 0.3) is 0 Å². The molecule has 112 valence electrons. The van der Waals surface area contributed by atoms with Gasteiger partial charge < -0.3 is 5.73 Å². The molecule has 0 heterocycles. The lowest BCUT2D eigenvalue weighted by molar-refractivity contribution is 0.829. The molecule has 3 aromatic rings. The fraction of sp³-hybridized carbons (Fsp3) is 0.238. The lowest BCUT2D eigenvalue weighted by atomic mass is 9.99. The van der Waals surface area contributed by atoms with Crippen LogP contribution in [0, 0.1) is 0 Å². The largest absolute Gasteiger partial charge is 0.330 e. The van der Waals surface area contributed by atoms with Gasteiger partial charge in [-0.2, -0.15) is 0 Å². The van der Waals surface area contributed by atoms with Gasteiger partial charge in [0, 0.05) is 0 Å². The Morgan fingerprint density at radius 1 is 0.591 bits per heavy atom. The normalized spacial score (nSPS) is 11.0. The third-order valence-corrected chi connectivity index (χ3v) is 4.18.